The topological polar surface area (TPSA) is 30.2 Å². The summed E-state index contributed by atoms with van der Waals surface area (Å²) >= 11 is 0. The number of hydrogen-bond acceptors (Lipinski definition) is 2. The van der Waals surface area contributed by atoms with Gasteiger partial charge in [0.15, 0.2) is 12.4 Å². The number of benzene rings is 1. The Labute approximate surface area is 112 Å². The van der Waals surface area contributed by atoms with Gasteiger partial charge in [-0.3, -0.25) is 0 Å². The van der Waals surface area contributed by atoms with Gasteiger partial charge < -0.3 is 17.1 Å². The van der Waals surface area contributed by atoms with Crippen LogP contribution in [-0.4, -0.2) is 5.97 Å². The zero-order chi connectivity index (χ0) is 11.9. The van der Waals surface area contributed by atoms with Crippen LogP contribution in [0, 0.1) is 0 Å². The average Bonchev–Trinajstić information content (AvgIpc) is 2.39. The van der Waals surface area contributed by atoms with Gasteiger partial charge in [0.1, 0.15) is 6.61 Å². The lowest BCUT2D eigenvalue weighted by Gasteiger charge is -2.02. The molecule has 0 unspecified atom stereocenters. The second-order valence-electron chi connectivity index (χ2n) is 3.69. The predicted octanol–water partition coefficient (Wildman–Crippen LogP) is -1.28. The monoisotopic (exact) mass is 263 g/mol. The molecule has 0 fully saturated rings. The summed E-state index contributed by atoms with van der Waals surface area (Å²) in [6.07, 6.45) is 3.67. The summed E-state index contributed by atoms with van der Waals surface area (Å²) in [5.41, 5.74) is 0.999. The molecule has 0 aliphatic carbocycles. The second-order valence-corrected chi connectivity index (χ2v) is 3.69. The van der Waals surface area contributed by atoms with Crippen LogP contribution in [0.25, 0.3) is 0 Å². The quantitative estimate of drug-likeness (QED) is 0.508. The molecule has 0 amide bonds. The minimum absolute atomic E-state index is 0. The Morgan fingerprint density at radius 3 is 2.28 bits per heavy atom. The van der Waals surface area contributed by atoms with Crippen molar-refractivity contribution in [1.29, 1.82) is 0 Å². The van der Waals surface area contributed by atoms with Crippen molar-refractivity contribution in [1.82, 2.24) is 0 Å². The number of pyridine rings is 1. The Hall–Kier alpha value is -1.87. The normalized spacial score (nSPS) is 9.33. The molecule has 2 aromatic rings. The molecule has 0 atom stereocenters. The first-order valence-corrected chi connectivity index (χ1v) is 5.48. The molecule has 18 heavy (non-hydrogen) atoms. The van der Waals surface area contributed by atoms with Gasteiger partial charge >= 0.3 is 5.97 Å². The van der Waals surface area contributed by atoms with Gasteiger partial charge in [-0.25, -0.2) is 4.79 Å². The SMILES string of the molecule is O=C(C[n+]1ccccc1)OCc1ccccc1.[Cl-]. The minimum Gasteiger partial charge on any atom is -1.00 e. The fraction of sp³-hybridized carbons (Fsp3) is 0.143. The molecule has 0 radical (unpaired) electrons. The van der Waals surface area contributed by atoms with E-state index in [4.69, 9.17) is 4.74 Å². The van der Waals surface area contributed by atoms with Gasteiger partial charge in [-0.05, 0) is 5.56 Å². The third kappa shape index (κ3) is 4.55. The lowest BCUT2D eigenvalue weighted by atomic mass is 10.2. The predicted molar refractivity (Wildman–Crippen MR) is 62.9 cm³/mol. The minimum atomic E-state index is -0.231. The van der Waals surface area contributed by atoms with E-state index in [2.05, 4.69) is 0 Å². The van der Waals surface area contributed by atoms with E-state index in [0.717, 1.165) is 5.56 Å². The summed E-state index contributed by atoms with van der Waals surface area (Å²) in [6, 6.07) is 15.3. The van der Waals surface area contributed by atoms with Gasteiger partial charge in [0, 0.05) is 12.1 Å². The van der Waals surface area contributed by atoms with E-state index in [1.165, 1.54) is 0 Å². The maximum absolute atomic E-state index is 11.5. The van der Waals surface area contributed by atoms with Crippen LogP contribution in [0.15, 0.2) is 60.9 Å². The molecule has 0 aliphatic rings. The average molecular weight is 264 g/mol. The molecule has 0 N–H and O–H groups in total. The molecule has 1 heterocycles. The van der Waals surface area contributed by atoms with E-state index in [-0.39, 0.29) is 24.9 Å². The number of carbonyl (C=O) groups is 1. The fourth-order valence-electron chi connectivity index (χ4n) is 1.47. The summed E-state index contributed by atoms with van der Waals surface area (Å²) in [5, 5.41) is 0. The van der Waals surface area contributed by atoms with Crippen LogP contribution in [0.2, 0.25) is 0 Å². The largest absolute Gasteiger partial charge is 1.00 e. The number of aromatic nitrogens is 1. The van der Waals surface area contributed by atoms with Crippen molar-refractivity contribution in [2.24, 2.45) is 0 Å². The summed E-state index contributed by atoms with van der Waals surface area (Å²) < 4.78 is 6.96. The van der Waals surface area contributed by atoms with Gasteiger partial charge in [-0.2, -0.15) is 4.57 Å². The maximum atomic E-state index is 11.5. The third-order valence-electron chi connectivity index (χ3n) is 2.33. The molecular weight excluding hydrogens is 250 g/mol. The van der Waals surface area contributed by atoms with Crippen LogP contribution in [0.3, 0.4) is 0 Å². The van der Waals surface area contributed by atoms with E-state index in [1.54, 1.807) is 4.57 Å². The number of esters is 1. The third-order valence-corrected chi connectivity index (χ3v) is 2.33. The van der Waals surface area contributed by atoms with Crippen molar-refractivity contribution in [2.75, 3.05) is 0 Å². The van der Waals surface area contributed by atoms with Crippen LogP contribution in [0.5, 0.6) is 0 Å². The molecule has 1 aromatic heterocycles. The first-order chi connectivity index (χ1) is 8.34. The lowest BCUT2D eigenvalue weighted by Crippen LogP contribution is -3.00. The van der Waals surface area contributed by atoms with Crippen LogP contribution in [0.1, 0.15) is 5.56 Å². The van der Waals surface area contributed by atoms with Crippen molar-refractivity contribution in [3.8, 4) is 0 Å². The highest BCUT2D eigenvalue weighted by Crippen LogP contribution is 2.00. The zero-order valence-corrected chi connectivity index (χ0v) is 10.6. The number of halogens is 1. The van der Waals surface area contributed by atoms with Gasteiger partial charge in [-0.15, -0.1) is 0 Å². The van der Waals surface area contributed by atoms with Gasteiger partial charge in [0.25, 0.3) is 0 Å². The van der Waals surface area contributed by atoms with Gasteiger partial charge in [0.05, 0.1) is 0 Å². The first-order valence-electron chi connectivity index (χ1n) is 5.48. The van der Waals surface area contributed by atoms with Crippen LogP contribution >= 0.6 is 0 Å². The van der Waals surface area contributed by atoms with E-state index < -0.39 is 0 Å². The molecule has 4 heteroatoms. The molecule has 0 bridgehead atoms. The van der Waals surface area contributed by atoms with Crippen molar-refractivity contribution >= 4 is 5.97 Å². The highest BCUT2D eigenvalue weighted by molar-refractivity contribution is 5.67. The lowest BCUT2D eigenvalue weighted by molar-refractivity contribution is -0.686. The number of carbonyl (C=O) groups excluding carboxylic acids is 1. The molecule has 0 saturated carbocycles. The maximum Gasteiger partial charge on any atom is 0.373 e. The molecule has 3 nitrogen and oxygen atoms in total. The highest BCUT2D eigenvalue weighted by Gasteiger charge is 2.09. The van der Waals surface area contributed by atoms with Crippen LogP contribution in [0.4, 0.5) is 0 Å². The molecule has 0 saturated heterocycles. The molecule has 0 spiro atoms. The number of nitrogens with zero attached hydrogens (tertiary/aromatic N) is 1. The number of hydrogen-bond donors (Lipinski definition) is 0. The van der Waals surface area contributed by atoms with Crippen molar-refractivity contribution < 1.29 is 26.5 Å². The molecule has 2 rings (SSSR count). The standard InChI is InChI=1S/C14H14NO2.ClH/c16-14(11-15-9-5-2-6-10-15)17-12-13-7-3-1-4-8-13;/h1-10H,11-12H2;1H/q+1;/p-1. The highest BCUT2D eigenvalue weighted by atomic mass is 35.5. The molecule has 1 aromatic carbocycles. The van der Waals surface area contributed by atoms with E-state index in [0.29, 0.717) is 6.61 Å². The second kappa shape index (κ2) is 7.45. The molecular formula is C14H14ClNO2. The summed E-state index contributed by atoms with van der Waals surface area (Å²) in [4.78, 5) is 11.5. The van der Waals surface area contributed by atoms with E-state index in [9.17, 15) is 4.79 Å². The van der Waals surface area contributed by atoms with Crippen LogP contribution < -0.4 is 17.0 Å². The zero-order valence-electron chi connectivity index (χ0n) is 9.83. The summed E-state index contributed by atoms with van der Waals surface area (Å²) in [7, 11) is 0. The number of rotatable bonds is 4. The summed E-state index contributed by atoms with van der Waals surface area (Å²) in [5.74, 6) is -0.231. The molecule has 0 aliphatic heterocycles. The summed E-state index contributed by atoms with van der Waals surface area (Å²) in [6.45, 7) is 0.570. The van der Waals surface area contributed by atoms with E-state index in [1.807, 2.05) is 60.9 Å². The Kier molecular flexibility index (Phi) is 5.88. The Bertz CT molecular complexity index is 474. The first kappa shape index (κ1) is 14.2. The van der Waals surface area contributed by atoms with Gasteiger partial charge in [0.2, 0.25) is 6.54 Å². The molecule has 94 valence electrons. The van der Waals surface area contributed by atoms with Crippen LogP contribution in [-0.2, 0) is 22.7 Å². The van der Waals surface area contributed by atoms with Crippen molar-refractivity contribution in [2.45, 2.75) is 13.2 Å². The van der Waals surface area contributed by atoms with Crippen molar-refractivity contribution in [3.05, 3.63) is 66.5 Å². The Morgan fingerprint density at radius 2 is 1.61 bits per heavy atom. The van der Waals surface area contributed by atoms with Crippen molar-refractivity contribution in [3.63, 3.8) is 0 Å². The number of ether oxygens (including phenoxy) is 1. The van der Waals surface area contributed by atoms with Gasteiger partial charge in [-0.1, -0.05) is 36.4 Å². The fourth-order valence-corrected chi connectivity index (χ4v) is 1.47. The Balaban J connectivity index is 0.00000162. The smallest absolute Gasteiger partial charge is 0.373 e. The van der Waals surface area contributed by atoms with E-state index >= 15 is 0 Å². The Morgan fingerprint density at radius 1 is 1.00 bits per heavy atom.